The van der Waals surface area contributed by atoms with Gasteiger partial charge < -0.3 is 24.3 Å². The third-order valence-corrected chi connectivity index (χ3v) is 3.79. The number of carboxylic acid groups (broad SMARTS) is 1. The Morgan fingerprint density at radius 3 is 1.61 bits per heavy atom. The second-order valence-electron chi connectivity index (χ2n) is 6.72. The number of rotatable bonds is 10. The molecule has 0 aromatic carbocycles. The van der Waals surface area contributed by atoms with E-state index in [1.54, 1.807) is 0 Å². The van der Waals surface area contributed by atoms with Crippen LogP contribution in [0.4, 0.5) is 0 Å². The molecule has 0 heterocycles. The minimum absolute atomic E-state index is 0.0115. The Kier molecular flexibility index (Phi) is 11.6. The summed E-state index contributed by atoms with van der Waals surface area (Å²) in [6.45, 7) is 1.59. The number of carbonyl (C=O) groups is 1. The van der Waals surface area contributed by atoms with Crippen molar-refractivity contribution in [2.24, 2.45) is 0 Å². The quantitative estimate of drug-likeness (QED) is 0.274. The lowest BCUT2D eigenvalue weighted by Crippen LogP contribution is -2.49. The maximum atomic E-state index is 10.5. The summed E-state index contributed by atoms with van der Waals surface area (Å²) in [7, 11) is 3.44. The van der Waals surface area contributed by atoms with Crippen molar-refractivity contribution in [2.45, 2.75) is 6.42 Å². The Hall–Kier alpha value is -0.780. The highest BCUT2D eigenvalue weighted by atomic mass is 32.2. The molecule has 0 saturated carbocycles. The van der Waals surface area contributed by atoms with Gasteiger partial charge in [0, 0.05) is 6.42 Å². The van der Waals surface area contributed by atoms with Crippen molar-refractivity contribution in [2.75, 3.05) is 73.3 Å². The normalized spacial score (nSPS) is 12.5. The molecule has 0 aliphatic carbocycles. The number of quaternary nitrogens is 2. The molecule has 0 amide bonds. The summed E-state index contributed by atoms with van der Waals surface area (Å²) in [6, 6.07) is 0. The Labute approximate surface area is 138 Å². The number of hydrogen-bond donors (Lipinski definition) is 4. The van der Waals surface area contributed by atoms with Crippen LogP contribution in [0.25, 0.3) is 0 Å². The minimum atomic E-state index is -3.91. The topological polar surface area (TPSA) is 132 Å². The zero-order valence-electron chi connectivity index (χ0n) is 14.5. The molecule has 0 saturated heterocycles. The molecule has 140 valence electrons. The first kappa shape index (κ1) is 24.5. The number of aliphatic carboxylic acids is 1. The number of carboxylic acids is 1. The number of nitrogens with zero attached hydrogens (tertiary/aromatic N) is 2. The van der Waals surface area contributed by atoms with Crippen molar-refractivity contribution >= 4 is 16.1 Å². The van der Waals surface area contributed by atoms with Crippen LogP contribution in [0.5, 0.6) is 0 Å². The molecule has 9 nitrogen and oxygen atoms in total. The van der Waals surface area contributed by atoms with Gasteiger partial charge in [-0.15, -0.1) is 0 Å². The molecular weight excluding hydrogens is 328 g/mol. The van der Waals surface area contributed by atoms with Gasteiger partial charge in [-0.25, -0.2) is 4.79 Å². The molecule has 0 unspecified atom stereocenters. The van der Waals surface area contributed by atoms with Crippen molar-refractivity contribution in [3.63, 3.8) is 0 Å². The molecule has 10 heteroatoms. The van der Waals surface area contributed by atoms with Crippen LogP contribution in [0.1, 0.15) is 6.42 Å². The van der Waals surface area contributed by atoms with E-state index in [0.29, 0.717) is 35.0 Å². The number of likely N-dealkylation sites (N-methyl/N-ethyl adjacent to an activating group) is 2. The number of aliphatic hydroxyl groups is 2. The summed E-state index contributed by atoms with van der Waals surface area (Å²) >= 11 is 0. The highest BCUT2D eigenvalue weighted by Crippen LogP contribution is 2.04. The highest BCUT2D eigenvalue weighted by molar-refractivity contribution is 7.85. The van der Waals surface area contributed by atoms with Gasteiger partial charge in [0.05, 0.1) is 53.7 Å². The predicted octanol–water partition coefficient (Wildman–Crippen LogP) is -1.53. The highest BCUT2D eigenvalue weighted by Gasteiger charge is 2.20. The van der Waals surface area contributed by atoms with Crippen molar-refractivity contribution in [3.8, 4) is 0 Å². The largest absolute Gasteiger partial charge is 0.477 e. The Morgan fingerprint density at radius 2 is 1.39 bits per heavy atom. The molecule has 0 spiro atoms. The zero-order chi connectivity index (χ0) is 18.7. The van der Waals surface area contributed by atoms with E-state index in [1.807, 2.05) is 28.2 Å². The third-order valence-electron chi connectivity index (χ3n) is 2.99. The van der Waals surface area contributed by atoms with E-state index in [-0.39, 0.29) is 25.5 Å². The van der Waals surface area contributed by atoms with Crippen molar-refractivity contribution in [1.29, 1.82) is 0 Å². The van der Waals surface area contributed by atoms with Gasteiger partial charge >= 0.3 is 5.97 Å². The van der Waals surface area contributed by atoms with E-state index >= 15 is 0 Å². The van der Waals surface area contributed by atoms with Crippen LogP contribution >= 0.6 is 0 Å². The maximum absolute atomic E-state index is 10.5. The molecule has 0 aliphatic rings. The van der Waals surface area contributed by atoms with E-state index in [9.17, 15) is 13.2 Å². The Bertz CT molecular complexity index is 426. The van der Waals surface area contributed by atoms with Crippen molar-refractivity contribution in [1.82, 2.24) is 0 Å². The molecule has 0 radical (unpaired) electrons. The van der Waals surface area contributed by atoms with Crippen molar-refractivity contribution < 1.29 is 42.1 Å². The second kappa shape index (κ2) is 10.9. The van der Waals surface area contributed by atoms with Crippen LogP contribution in [0.2, 0.25) is 0 Å². The SMILES string of the molecule is C[N+](C)(C)CC(=O)O.C[N+](CCO)(CCO)CCCS(=O)(=O)O. The van der Waals surface area contributed by atoms with Gasteiger partial charge in [0.25, 0.3) is 10.1 Å². The van der Waals surface area contributed by atoms with Gasteiger partial charge in [-0.1, -0.05) is 0 Å². The molecule has 0 atom stereocenters. The van der Waals surface area contributed by atoms with Gasteiger partial charge in [-0.2, -0.15) is 8.42 Å². The summed E-state index contributed by atoms with van der Waals surface area (Å²) in [5.41, 5.74) is 0. The summed E-state index contributed by atoms with van der Waals surface area (Å²) in [6.07, 6.45) is 0.315. The third kappa shape index (κ3) is 19.2. The van der Waals surface area contributed by atoms with Gasteiger partial charge in [-0.3, -0.25) is 4.55 Å². The molecule has 4 N–H and O–H groups in total. The maximum Gasteiger partial charge on any atom is 0.359 e. The van der Waals surface area contributed by atoms with E-state index in [0.717, 1.165) is 0 Å². The van der Waals surface area contributed by atoms with Crippen LogP contribution in [0.3, 0.4) is 0 Å². The van der Waals surface area contributed by atoms with E-state index in [2.05, 4.69) is 0 Å². The molecule has 0 fully saturated rings. The molecule has 0 aromatic heterocycles. The molecule has 0 aliphatic heterocycles. The summed E-state index contributed by atoms with van der Waals surface area (Å²) in [5.74, 6) is -1.03. The number of hydrogen-bond acceptors (Lipinski definition) is 5. The van der Waals surface area contributed by atoms with Crippen LogP contribution in [0, 0.1) is 0 Å². The smallest absolute Gasteiger partial charge is 0.359 e. The summed E-state index contributed by atoms with van der Waals surface area (Å²) in [5, 5.41) is 25.9. The van der Waals surface area contributed by atoms with E-state index in [1.165, 1.54) is 0 Å². The number of aliphatic hydroxyl groups excluding tert-OH is 2. The van der Waals surface area contributed by atoms with Crippen LogP contribution < -0.4 is 0 Å². The zero-order valence-corrected chi connectivity index (χ0v) is 15.3. The Balaban J connectivity index is 0. The fraction of sp³-hybridized carbons (Fsp3) is 0.923. The van der Waals surface area contributed by atoms with Crippen molar-refractivity contribution in [3.05, 3.63) is 0 Å². The van der Waals surface area contributed by atoms with E-state index in [4.69, 9.17) is 19.9 Å². The van der Waals surface area contributed by atoms with Crippen LogP contribution in [-0.4, -0.2) is 117 Å². The molecule has 0 bridgehead atoms. The average Bonchev–Trinajstić information content (AvgIpc) is 2.24. The molecule has 23 heavy (non-hydrogen) atoms. The standard InChI is InChI=1S/C8H19NO5S.C5H11NO2/c1-9(4-6-10,5-7-11)3-2-8-15(12,13)14;1-6(2,3)4-5(7)8/h10-11H,2-8H2,1H3;4H2,1-3H3/p+2. The lowest BCUT2D eigenvalue weighted by Gasteiger charge is -2.33. The fourth-order valence-electron chi connectivity index (χ4n) is 1.85. The second-order valence-corrected chi connectivity index (χ2v) is 8.29. The Morgan fingerprint density at radius 1 is 0.957 bits per heavy atom. The van der Waals surface area contributed by atoms with Gasteiger partial charge in [0.15, 0.2) is 6.54 Å². The van der Waals surface area contributed by atoms with E-state index < -0.39 is 16.1 Å². The molecular formula is C13H32N2O7S+2. The molecule has 0 rings (SSSR count). The van der Waals surface area contributed by atoms with Gasteiger partial charge in [0.2, 0.25) is 0 Å². The van der Waals surface area contributed by atoms with Gasteiger partial charge in [-0.05, 0) is 0 Å². The van der Waals surface area contributed by atoms with Gasteiger partial charge in [0.1, 0.15) is 13.1 Å². The summed E-state index contributed by atoms with van der Waals surface area (Å²) in [4.78, 5) is 10.00. The average molecular weight is 360 g/mol. The first-order chi connectivity index (χ1) is 10.2. The summed E-state index contributed by atoms with van der Waals surface area (Å²) < 4.78 is 30.4. The lowest BCUT2D eigenvalue weighted by molar-refractivity contribution is -0.910. The van der Waals surface area contributed by atoms with Crippen LogP contribution in [-0.2, 0) is 14.9 Å². The first-order valence-corrected chi connectivity index (χ1v) is 8.88. The predicted molar refractivity (Wildman–Crippen MR) is 86.5 cm³/mol. The monoisotopic (exact) mass is 360 g/mol. The van der Waals surface area contributed by atoms with Crippen LogP contribution in [0.15, 0.2) is 0 Å². The minimum Gasteiger partial charge on any atom is -0.477 e. The first-order valence-electron chi connectivity index (χ1n) is 7.27. The lowest BCUT2D eigenvalue weighted by atomic mass is 10.3. The fourth-order valence-corrected chi connectivity index (χ4v) is 2.35. The molecule has 0 aromatic rings.